The van der Waals surface area contributed by atoms with E-state index in [0.29, 0.717) is 11.3 Å². The topological polar surface area (TPSA) is 125 Å². The number of benzene rings is 1. The molecule has 1 rings (SSSR count). The van der Waals surface area contributed by atoms with E-state index in [1.807, 2.05) is 0 Å². The van der Waals surface area contributed by atoms with Gasteiger partial charge in [0.1, 0.15) is 5.75 Å². The molecule has 20 heavy (non-hydrogen) atoms. The van der Waals surface area contributed by atoms with Crippen LogP contribution in [0.15, 0.2) is 18.2 Å². The molecule has 0 aliphatic heterocycles. The zero-order valence-electron chi connectivity index (χ0n) is 11.1. The lowest BCUT2D eigenvalue weighted by Crippen LogP contribution is -2.54. The molecule has 0 unspecified atom stereocenters. The summed E-state index contributed by atoms with van der Waals surface area (Å²) in [4.78, 5) is 10.2. The number of methoxy groups -OCH3 is 1. The van der Waals surface area contributed by atoms with Gasteiger partial charge in [-0.3, -0.25) is 10.1 Å². The first kappa shape index (κ1) is 16.3. The van der Waals surface area contributed by atoms with E-state index < -0.39 is 30.3 Å². The molecular weight excluding hydrogens is 268 g/mol. The Hall–Kier alpha value is -1.74. The molecule has 0 atom stereocenters. The highest BCUT2D eigenvalue weighted by atomic mass is 16.6. The highest BCUT2D eigenvalue weighted by Gasteiger charge is 2.27. The van der Waals surface area contributed by atoms with Gasteiger partial charge in [-0.15, -0.1) is 0 Å². The number of aliphatic hydroxyl groups is 3. The number of non-ortho nitro benzene ring substituents is 1. The summed E-state index contributed by atoms with van der Waals surface area (Å²) in [6, 6.07) is 4.12. The zero-order valence-corrected chi connectivity index (χ0v) is 11.1. The summed E-state index contributed by atoms with van der Waals surface area (Å²) in [5, 5.41) is 41.1. The van der Waals surface area contributed by atoms with Gasteiger partial charge in [-0.2, -0.15) is 0 Å². The summed E-state index contributed by atoms with van der Waals surface area (Å²) in [7, 11) is 1.43. The van der Waals surface area contributed by atoms with Crippen molar-refractivity contribution in [2.75, 3.05) is 26.9 Å². The van der Waals surface area contributed by atoms with Crippen LogP contribution in [0.4, 0.5) is 5.69 Å². The van der Waals surface area contributed by atoms with E-state index in [-0.39, 0.29) is 12.2 Å². The maximum atomic E-state index is 10.7. The first-order chi connectivity index (χ1) is 9.51. The van der Waals surface area contributed by atoms with Crippen LogP contribution in [0.1, 0.15) is 5.56 Å². The molecular formula is C12H18N2O6. The Balaban J connectivity index is 2.95. The second-order valence-corrected chi connectivity index (χ2v) is 4.36. The van der Waals surface area contributed by atoms with Crippen LogP contribution in [-0.2, 0) is 6.54 Å². The number of nitrogens with one attached hydrogen (secondary N) is 1. The molecule has 0 aliphatic carbocycles. The Morgan fingerprint density at radius 1 is 1.30 bits per heavy atom. The van der Waals surface area contributed by atoms with Crippen LogP contribution >= 0.6 is 0 Å². The molecule has 8 heteroatoms. The van der Waals surface area contributed by atoms with Crippen molar-refractivity contribution in [3.8, 4) is 5.75 Å². The molecule has 0 aromatic heterocycles. The number of hydrogen-bond donors (Lipinski definition) is 4. The standard InChI is InChI=1S/C12H18N2O6/c1-20-11-3-2-10(14(18)19)4-9(11)5-13-12(6-15,7-16)8-17/h2-4,13,15-17H,5-8H2,1H3. The van der Waals surface area contributed by atoms with Crippen molar-refractivity contribution in [3.63, 3.8) is 0 Å². The summed E-state index contributed by atoms with van der Waals surface area (Å²) >= 11 is 0. The van der Waals surface area contributed by atoms with Crippen LogP contribution in [0.2, 0.25) is 0 Å². The average Bonchev–Trinajstić information content (AvgIpc) is 2.49. The number of nitrogens with zero attached hydrogens (tertiary/aromatic N) is 1. The summed E-state index contributed by atoms with van der Waals surface area (Å²) < 4.78 is 5.10. The number of nitro groups is 1. The first-order valence-electron chi connectivity index (χ1n) is 5.91. The molecule has 1 aromatic carbocycles. The molecule has 0 spiro atoms. The summed E-state index contributed by atoms with van der Waals surface area (Å²) in [5.41, 5.74) is -0.859. The second kappa shape index (κ2) is 7.15. The highest BCUT2D eigenvalue weighted by molar-refractivity contribution is 5.43. The minimum absolute atomic E-state index is 0.0898. The third kappa shape index (κ3) is 3.64. The van der Waals surface area contributed by atoms with Crippen molar-refractivity contribution in [1.29, 1.82) is 0 Å². The van der Waals surface area contributed by atoms with Crippen LogP contribution < -0.4 is 10.1 Å². The molecule has 0 fully saturated rings. The van der Waals surface area contributed by atoms with Crippen molar-refractivity contribution < 1.29 is 25.0 Å². The van der Waals surface area contributed by atoms with E-state index in [4.69, 9.17) is 4.74 Å². The fraction of sp³-hybridized carbons (Fsp3) is 0.500. The lowest BCUT2D eigenvalue weighted by atomic mass is 10.0. The van der Waals surface area contributed by atoms with Gasteiger partial charge in [0.2, 0.25) is 0 Å². The quantitative estimate of drug-likeness (QED) is 0.372. The van der Waals surface area contributed by atoms with E-state index in [9.17, 15) is 25.4 Å². The van der Waals surface area contributed by atoms with Gasteiger partial charge in [-0.05, 0) is 6.07 Å². The lowest BCUT2D eigenvalue weighted by molar-refractivity contribution is -0.384. The van der Waals surface area contributed by atoms with Crippen molar-refractivity contribution in [2.45, 2.75) is 12.1 Å². The summed E-state index contributed by atoms with van der Waals surface area (Å²) in [5.74, 6) is 0.436. The molecule has 0 saturated carbocycles. The highest BCUT2D eigenvalue weighted by Crippen LogP contribution is 2.24. The number of ether oxygens (including phenoxy) is 1. The molecule has 8 nitrogen and oxygen atoms in total. The number of aliphatic hydroxyl groups excluding tert-OH is 3. The van der Waals surface area contributed by atoms with E-state index in [2.05, 4.69) is 5.32 Å². The maximum Gasteiger partial charge on any atom is 0.270 e. The Kier molecular flexibility index (Phi) is 5.83. The zero-order chi connectivity index (χ0) is 15.2. The van der Waals surface area contributed by atoms with Gasteiger partial charge < -0.3 is 25.4 Å². The van der Waals surface area contributed by atoms with Gasteiger partial charge in [-0.1, -0.05) is 0 Å². The Labute approximate surface area is 115 Å². The molecule has 0 radical (unpaired) electrons. The number of nitro benzene ring substituents is 1. The largest absolute Gasteiger partial charge is 0.496 e. The van der Waals surface area contributed by atoms with Gasteiger partial charge in [0, 0.05) is 24.2 Å². The van der Waals surface area contributed by atoms with Crippen molar-refractivity contribution in [3.05, 3.63) is 33.9 Å². The number of hydrogen-bond acceptors (Lipinski definition) is 7. The first-order valence-corrected chi connectivity index (χ1v) is 5.91. The van der Waals surface area contributed by atoms with E-state index in [0.717, 1.165) is 0 Å². The van der Waals surface area contributed by atoms with Crippen LogP contribution in [0.3, 0.4) is 0 Å². The third-order valence-electron chi connectivity index (χ3n) is 3.04. The number of rotatable bonds is 8. The van der Waals surface area contributed by atoms with E-state index >= 15 is 0 Å². The Morgan fingerprint density at radius 2 is 1.90 bits per heavy atom. The molecule has 0 heterocycles. The van der Waals surface area contributed by atoms with Gasteiger partial charge in [0.25, 0.3) is 5.69 Å². The van der Waals surface area contributed by atoms with Gasteiger partial charge in [-0.25, -0.2) is 0 Å². The Bertz CT molecular complexity index is 453. The summed E-state index contributed by atoms with van der Waals surface area (Å²) in [6.45, 7) is -1.34. The predicted octanol–water partition coefficient (Wildman–Crippen LogP) is -0.591. The lowest BCUT2D eigenvalue weighted by Gasteiger charge is -2.29. The van der Waals surface area contributed by atoms with Crippen LogP contribution in [-0.4, -0.2) is 52.7 Å². The second-order valence-electron chi connectivity index (χ2n) is 4.36. The smallest absolute Gasteiger partial charge is 0.270 e. The molecule has 0 saturated heterocycles. The average molecular weight is 286 g/mol. The molecule has 1 aromatic rings. The fourth-order valence-electron chi connectivity index (χ4n) is 1.62. The minimum atomic E-state index is -1.25. The van der Waals surface area contributed by atoms with E-state index in [1.165, 1.54) is 25.3 Å². The van der Waals surface area contributed by atoms with Crippen molar-refractivity contribution >= 4 is 5.69 Å². The van der Waals surface area contributed by atoms with Gasteiger partial charge in [0.15, 0.2) is 0 Å². The molecule has 0 amide bonds. The van der Waals surface area contributed by atoms with Crippen LogP contribution in [0, 0.1) is 10.1 Å². The monoisotopic (exact) mass is 286 g/mol. The molecule has 112 valence electrons. The molecule has 4 N–H and O–H groups in total. The summed E-state index contributed by atoms with van der Waals surface area (Å²) in [6.07, 6.45) is 0. The minimum Gasteiger partial charge on any atom is -0.496 e. The Morgan fingerprint density at radius 3 is 2.35 bits per heavy atom. The van der Waals surface area contributed by atoms with Crippen LogP contribution in [0.25, 0.3) is 0 Å². The van der Waals surface area contributed by atoms with Gasteiger partial charge >= 0.3 is 0 Å². The van der Waals surface area contributed by atoms with Crippen molar-refractivity contribution in [1.82, 2.24) is 5.32 Å². The maximum absolute atomic E-state index is 10.7. The van der Waals surface area contributed by atoms with E-state index in [1.54, 1.807) is 0 Å². The normalized spacial score (nSPS) is 11.4. The molecule has 0 aliphatic rings. The fourth-order valence-corrected chi connectivity index (χ4v) is 1.62. The van der Waals surface area contributed by atoms with Gasteiger partial charge in [0.05, 0.1) is 37.4 Å². The molecule has 0 bridgehead atoms. The van der Waals surface area contributed by atoms with Crippen LogP contribution in [0.5, 0.6) is 5.75 Å². The SMILES string of the molecule is COc1ccc([N+](=O)[O-])cc1CNC(CO)(CO)CO. The third-order valence-corrected chi connectivity index (χ3v) is 3.04. The predicted molar refractivity (Wildman–Crippen MR) is 70.5 cm³/mol. The van der Waals surface area contributed by atoms with Crippen molar-refractivity contribution in [2.24, 2.45) is 0 Å².